The van der Waals surface area contributed by atoms with Crippen LogP contribution in [-0.2, 0) is 7.05 Å². The number of nitrogens with zero attached hydrogens (tertiary/aromatic N) is 3. The molecule has 2 N–H and O–H groups in total. The summed E-state index contributed by atoms with van der Waals surface area (Å²) >= 11 is 12.0. The predicted molar refractivity (Wildman–Crippen MR) is 113 cm³/mol. The van der Waals surface area contributed by atoms with E-state index in [4.69, 9.17) is 28.9 Å². The van der Waals surface area contributed by atoms with Crippen molar-refractivity contribution >= 4 is 34.2 Å². The summed E-state index contributed by atoms with van der Waals surface area (Å²) in [7, 11) is 1.69. The molecule has 140 valence electrons. The highest BCUT2D eigenvalue weighted by atomic mass is 35.5. The highest BCUT2D eigenvalue weighted by molar-refractivity contribution is 6.30. The van der Waals surface area contributed by atoms with Gasteiger partial charge in [0.1, 0.15) is 10.8 Å². The fourth-order valence-corrected chi connectivity index (χ4v) is 3.43. The van der Waals surface area contributed by atoms with E-state index in [2.05, 4.69) is 9.97 Å². The fourth-order valence-electron chi connectivity index (χ4n) is 3.14. The van der Waals surface area contributed by atoms with Crippen molar-refractivity contribution in [2.45, 2.75) is 6.04 Å². The van der Waals surface area contributed by atoms with E-state index >= 15 is 0 Å². The second-order valence-corrected chi connectivity index (χ2v) is 7.29. The number of aromatic nitrogens is 3. The maximum Gasteiger partial charge on any atom is 0.252 e. The van der Waals surface area contributed by atoms with E-state index in [9.17, 15) is 4.79 Å². The summed E-state index contributed by atoms with van der Waals surface area (Å²) in [6.45, 7) is 0. The summed E-state index contributed by atoms with van der Waals surface area (Å²) < 4.78 is 1.50. The van der Waals surface area contributed by atoms with Gasteiger partial charge in [-0.25, -0.2) is 9.97 Å². The van der Waals surface area contributed by atoms with Gasteiger partial charge in [0.15, 0.2) is 0 Å². The van der Waals surface area contributed by atoms with E-state index in [-0.39, 0.29) is 11.6 Å². The van der Waals surface area contributed by atoms with E-state index in [1.165, 1.54) is 4.57 Å². The molecule has 0 radical (unpaired) electrons. The van der Waals surface area contributed by atoms with Crippen molar-refractivity contribution in [3.05, 3.63) is 92.5 Å². The molecular weight excluding hydrogens is 395 g/mol. The van der Waals surface area contributed by atoms with Gasteiger partial charge >= 0.3 is 0 Å². The topological polar surface area (TPSA) is 73.8 Å². The molecule has 0 saturated heterocycles. The van der Waals surface area contributed by atoms with Gasteiger partial charge < -0.3 is 5.73 Å². The zero-order valence-corrected chi connectivity index (χ0v) is 16.4. The van der Waals surface area contributed by atoms with Gasteiger partial charge in [0.2, 0.25) is 0 Å². The Labute approximate surface area is 171 Å². The molecule has 5 nitrogen and oxygen atoms in total. The van der Waals surface area contributed by atoms with Crippen molar-refractivity contribution in [3.8, 4) is 11.3 Å². The fraction of sp³-hybridized carbons (Fsp3) is 0.0952. The molecule has 0 aliphatic carbocycles. The molecule has 0 fully saturated rings. The van der Waals surface area contributed by atoms with Crippen LogP contribution < -0.4 is 11.3 Å². The van der Waals surface area contributed by atoms with Gasteiger partial charge in [0, 0.05) is 35.3 Å². The molecule has 28 heavy (non-hydrogen) atoms. The first-order chi connectivity index (χ1) is 13.4. The lowest BCUT2D eigenvalue weighted by atomic mass is 9.98. The Bertz CT molecular complexity index is 1240. The quantitative estimate of drug-likeness (QED) is 0.509. The first kappa shape index (κ1) is 18.6. The molecule has 4 aromatic rings. The molecule has 0 aliphatic heterocycles. The lowest BCUT2D eigenvalue weighted by Gasteiger charge is -2.15. The Morgan fingerprint density at radius 2 is 1.79 bits per heavy atom. The van der Waals surface area contributed by atoms with Crippen LogP contribution in [0.1, 0.15) is 17.2 Å². The van der Waals surface area contributed by atoms with Crippen molar-refractivity contribution in [1.29, 1.82) is 0 Å². The normalized spacial score (nSPS) is 12.3. The average molecular weight is 411 g/mol. The van der Waals surface area contributed by atoms with Crippen LogP contribution in [-0.4, -0.2) is 14.5 Å². The van der Waals surface area contributed by atoms with Gasteiger partial charge in [-0.1, -0.05) is 41.4 Å². The molecule has 4 rings (SSSR count). The van der Waals surface area contributed by atoms with E-state index in [0.717, 1.165) is 16.5 Å². The predicted octanol–water partition coefficient (Wildman–Crippen LogP) is 4.35. The minimum Gasteiger partial charge on any atom is -0.320 e. The Balaban J connectivity index is 1.92. The van der Waals surface area contributed by atoms with E-state index in [1.54, 1.807) is 43.6 Å². The number of nitrogens with two attached hydrogens (primary N) is 1. The van der Waals surface area contributed by atoms with Crippen molar-refractivity contribution in [2.75, 3.05) is 0 Å². The first-order valence-corrected chi connectivity index (χ1v) is 9.33. The molecule has 1 atom stereocenters. The Morgan fingerprint density at radius 3 is 2.50 bits per heavy atom. The highest BCUT2D eigenvalue weighted by Gasteiger charge is 2.15. The van der Waals surface area contributed by atoms with E-state index in [1.807, 2.05) is 24.3 Å². The number of halogens is 2. The van der Waals surface area contributed by atoms with Crippen LogP contribution in [0, 0.1) is 0 Å². The van der Waals surface area contributed by atoms with Gasteiger partial charge in [-0.05, 0) is 41.5 Å². The van der Waals surface area contributed by atoms with Crippen molar-refractivity contribution in [2.24, 2.45) is 12.8 Å². The third kappa shape index (κ3) is 3.40. The number of aryl methyl sites for hydroxylation is 1. The van der Waals surface area contributed by atoms with Crippen LogP contribution in [0.25, 0.3) is 22.3 Å². The van der Waals surface area contributed by atoms with Crippen molar-refractivity contribution < 1.29 is 0 Å². The summed E-state index contributed by atoms with van der Waals surface area (Å²) in [5, 5.41) is 1.78. The monoisotopic (exact) mass is 410 g/mol. The third-order valence-electron chi connectivity index (χ3n) is 4.67. The zero-order chi connectivity index (χ0) is 19.8. The van der Waals surface area contributed by atoms with Crippen molar-refractivity contribution in [1.82, 2.24) is 14.5 Å². The molecule has 0 saturated carbocycles. The van der Waals surface area contributed by atoms with Gasteiger partial charge in [0.25, 0.3) is 5.56 Å². The minimum atomic E-state index is -0.383. The van der Waals surface area contributed by atoms with Crippen LogP contribution >= 0.6 is 23.2 Å². The second-order valence-electron chi connectivity index (χ2n) is 6.47. The minimum absolute atomic E-state index is 0.175. The number of fused-ring (bicyclic) bond motifs is 1. The number of pyridine rings is 3. The van der Waals surface area contributed by atoms with Gasteiger partial charge in [-0.2, -0.15) is 0 Å². The van der Waals surface area contributed by atoms with Gasteiger partial charge in [-0.3, -0.25) is 9.36 Å². The number of hydrogen-bond donors (Lipinski definition) is 1. The van der Waals surface area contributed by atoms with Gasteiger partial charge in [0.05, 0.1) is 11.7 Å². The lowest BCUT2D eigenvalue weighted by Crippen LogP contribution is -2.18. The maximum absolute atomic E-state index is 12.4. The van der Waals surface area contributed by atoms with E-state index < -0.39 is 0 Å². The Hall–Kier alpha value is -2.73. The Kier molecular flexibility index (Phi) is 4.89. The Morgan fingerprint density at radius 1 is 1.04 bits per heavy atom. The molecule has 0 amide bonds. The highest BCUT2D eigenvalue weighted by Crippen LogP contribution is 2.29. The lowest BCUT2D eigenvalue weighted by molar-refractivity contribution is 0.854. The largest absolute Gasteiger partial charge is 0.320 e. The SMILES string of the molecule is Cn1c(=O)cc(-c2cccc(Cl)n2)c2cc(C(N)c3ccc(Cl)cc3)cnc21. The molecular formula is C21H16Cl2N4O. The average Bonchev–Trinajstić information content (AvgIpc) is 2.70. The standard InChI is InChI=1S/C21H16Cl2N4O/c1-27-19(28)10-15(17-3-2-4-18(23)26-17)16-9-13(11-25-21(16)27)20(24)12-5-7-14(22)8-6-12/h2-11,20H,24H2,1H3. The van der Waals surface area contributed by atoms with Crippen LogP contribution in [0.4, 0.5) is 0 Å². The first-order valence-electron chi connectivity index (χ1n) is 8.57. The molecule has 1 unspecified atom stereocenters. The summed E-state index contributed by atoms with van der Waals surface area (Å²) in [5.41, 5.74) is 9.83. The number of rotatable bonds is 3. The molecule has 0 spiro atoms. The molecule has 3 heterocycles. The molecule has 7 heteroatoms. The molecule has 1 aromatic carbocycles. The third-order valence-corrected chi connectivity index (χ3v) is 5.14. The van der Waals surface area contributed by atoms with Gasteiger partial charge in [-0.15, -0.1) is 0 Å². The van der Waals surface area contributed by atoms with E-state index in [0.29, 0.717) is 27.1 Å². The second kappa shape index (κ2) is 7.36. The summed E-state index contributed by atoms with van der Waals surface area (Å²) in [6.07, 6.45) is 1.69. The summed E-state index contributed by atoms with van der Waals surface area (Å²) in [5.74, 6) is 0. The molecule has 0 bridgehead atoms. The maximum atomic E-state index is 12.4. The zero-order valence-electron chi connectivity index (χ0n) is 14.9. The van der Waals surface area contributed by atoms with Crippen molar-refractivity contribution in [3.63, 3.8) is 0 Å². The van der Waals surface area contributed by atoms with Crippen LogP contribution in [0.15, 0.2) is 65.6 Å². The van der Waals surface area contributed by atoms with Crippen LogP contribution in [0.3, 0.4) is 0 Å². The molecule has 3 aromatic heterocycles. The summed E-state index contributed by atoms with van der Waals surface area (Å²) in [6, 6.07) is 15.8. The van der Waals surface area contributed by atoms with Crippen LogP contribution in [0.5, 0.6) is 0 Å². The van der Waals surface area contributed by atoms with Crippen LogP contribution in [0.2, 0.25) is 10.2 Å². The smallest absolute Gasteiger partial charge is 0.252 e. The number of hydrogen-bond acceptors (Lipinski definition) is 4. The summed E-state index contributed by atoms with van der Waals surface area (Å²) in [4.78, 5) is 21.3. The number of benzene rings is 1. The molecule has 0 aliphatic rings.